The summed E-state index contributed by atoms with van der Waals surface area (Å²) in [5.41, 5.74) is 0. The molecule has 3 rings (SSSR count). The van der Waals surface area contributed by atoms with Crippen LogP contribution in [0.4, 0.5) is 0 Å². The number of amides is 1. The van der Waals surface area contributed by atoms with E-state index in [-0.39, 0.29) is 5.91 Å². The number of hydrogen-bond donors (Lipinski definition) is 1. The van der Waals surface area contributed by atoms with Crippen LogP contribution >= 0.6 is 0 Å². The summed E-state index contributed by atoms with van der Waals surface area (Å²) in [5.74, 6) is 0.333. The Hall–Kier alpha value is -1.36. The van der Waals surface area contributed by atoms with Crippen molar-refractivity contribution in [1.29, 1.82) is 0 Å². The second kappa shape index (κ2) is 3.90. The fourth-order valence-electron chi connectivity index (χ4n) is 2.77. The Bertz CT molecular complexity index is 377. The monoisotopic (exact) mass is 221 g/mol. The van der Waals surface area contributed by atoms with Gasteiger partial charge in [-0.3, -0.25) is 4.79 Å². The van der Waals surface area contributed by atoms with Crippen LogP contribution < -0.4 is 5.32 Å². The first-order chi connectivity index (χ1) is 7.86. The first-order valence-electron chi connectivity index (χ1n) is 5.81. The second-order valence-corrected chi connectivity index (χ2v) is 4.43. The molecule has 5 nitrogen and oxygen atoms in total. The average Bonchev–Trinajstić information content (AvgIpc) is 2.98. The molecule has 86 valence electrons. The standard InChI is InChI=1S/C11H15N3O2/c15-11(10-3-6-13-16-10)14-7-4-8-9(14)2-1-5-12-8/h3,6,8-9,12H,1-2,4-5,7H2. The van der Waals surface area contributed by atoms with Crippen molar-refractivity contribution >= 4 is 5.91 Å². The summed E-state index contributed by atoms with van der Waals surface area (Å²) < 4.78 is 4.93. The van der Waals surface area contributed by atoms with Gasteiger partial charge in [0, 0.05) is 24.7 Å². The zero-order valence-electron chi connectivity index (χ0n) is 9.06. The predicted octanol–water partition coefficient (Wildman–Crippen LogP) is 0.641. The lowest BCUT2D eigenvalue weighted by Gasteiger charge is -2.31. The van der Waals surface area contributed by atoms with Crippen LogP contribution in [0.5, 0.6) is 0 Å². The highest BCUT2D eigenvalue weighted by Gasteiger charge is 2.39. The number of nitrogens with one attached hydrogen (secondary N) is 1. The zero-order chi connectivity index (χ0) is 11.0. The Balaban J connectivity index is 1.78. The highest BCUT2D eigenvalue weighted by molar-refractivity contribution is 5.91. The van der Waals surface area contributed by atoms with Crippen LogP contribution in [0.25, 0.3) is 0 Å². The summed E-state index contributed by atoms with van der Waals surface area (Å²) in [5, 5.41) is 7.05. The number of carbonyl (C=O) groups excluding carboxylic acids is 1. The van der Waals surface area contributed by atoms with Crippen LogP contribution in [0.1, 0.15) is 29.8 Å². The van der Waals surface area contributed by atoms with Gasteiger partial charge in [-0.15, -0.1) is 0 Å². The number of fused-ring (bicyclic) bond motifs is 1. The minimum atomic E-state index is -0.0197. The molecule has 2 fully saturated rings. The molecule has 16 heavy (non-hydrogen) atoms. The second-order valence-electron chi connectivity index (χ2n) is 4.43. The smallest absolute Gasteiger partial charge is 0.292 e. The van der Waals surface area contributed by atoms with Crippen molar-refractivity contribution in [3.05, 3.63) is 18.0 Å². The fourth-order valence-corrected chi connectivity index (χ4v) is 2.77. The number of aromatic nitrogens is 1. The Kier molecular flexibility index (Phi) is 2.40. The van der Waals surface area contributed by atoms with E-state index in [1.807, 2.05) is 4.90 Å². The number of rotatable bonds is 1. The average molecular weight is 221 g/mol. The molecule has 0 aromatic carbocycles. The lowest BCUT2D eigenvalue weighted by Crippen LogP contribution is -2.48. The van der Waals surface area contributed by atoms with E-state index in [0.29, 0.717) is 17.8 Å². The fraction of sp³-hybridized carbons (Fsp3) is 0.636. The van der Waals surface area contributed by atoms with Crippen molar-refractivity contribution in [3.8, 4) is 0 Å². The minimum absolute atomic E-state index is 0.0197. The topological polar surface area (TPSA) is 58.4 Å². The van der Waals surface area contributed by atoms with Gasteiger partial charge in [-0.1, -0.05) is 5.16 Å². The molecule has 0 aliphatic carbocycles. The molecule has 0 radical (unpaired) electrons. The molecule has 2 aliphatic heterocycles. The first kappa shape index (κ1) is 9.84. The van der Waals surface area contributed by atoms with Gasteiger partial charge in [0.15, 0.2) is 0 Å². The van der Waals surface area contributed by atoms with Crippen LogP contribution in [-0.2, 0) is 0 Å². The summed E-state index contributed by atoms with van der Waals surface area (Å²) in [6.45, 7) is 1.90. The number of carbonyl (C=O) groups is 1. The molecule has 1 N–H and O–H groups in total. The molecule has 2 saturated heterocycles. The van der Waals surface area contributed by atoms with E-state index >= 15 is 0 Å². The highest BCUT2D eigenvalue weighted by Crippen LogP contribution is 2.26. The Labute approximate surface area is 93.8 Å². The van der Waals surface area contributed by atoms with Gasteiger partial charge in [-0.05, 0) is 25.8 Å². The van der Waals surface area contributed by atoms with Gasteiger partial charge in [0.2, 0.25) is 5.76 Å². The molecule has 3 heterocycles. The molecule has 0 bridgehead atoms. The molecule has 2 atom stereocenters. The van der Waals surface area contributed by atoms with Crippen molar-refractivity contribution in [2.45, 2.75) is 31.3 Å². The summed E-state index contributed by atoms with van der Waals surface area (Å²) in [7, 11) is 0. The number of nitrogens with zero attached hydrogens (tertiary/aromatic N) is 2. The van der Waals surface area contributed by atoms with Gasteiger partial charge in [0.05, 0.1) is 6.20 Å². The lowest BCUT2D eigenvalue weighted by molar-refractivity contribution is 0.0663. The maximum absolute atomic E-state index is 12.1. The van der Waals surface area contributed by atoms with E-state index in [2.05, 4.69) is 10.5 Å². The van der Waals surface area contributed by atoms with Gasteiger partial charge in [0.25, 0.3) is 5.91 Å². The Morgan fingerprint density at radius 1 is 1.56 bits per heavy atom. The van der Waals surface area contributed by atoms with Crippen molar-refractivity contribution in [2.24, 2.45) is 0 Å². The third-order valence-corrected chi connectivity index (χ3v) is 3.54. The summed E-state index contributed by atoms with van der Waals surface area (Å²) >= 11 is 0. The highest BCUT2D eigenvalue weighted by atomic mass is 16.5. The molecule has 1 aromatic rings. The minimum Gasteiger partial charge on any atom is -0.351 e. The number of hydrogen-bond acceptors (Lipinski definition) is 4. The Morgan fingerprint density at radius 2 is 2.50 bits per heavy atom. The van der Waals surface area contributed by atoms with Gasteiger partial charge in [-0.2, -0.15) is 0 Å². The van der Waals surface area contributed by atoms with E-state index in [4.69, 9.17) is 4.52 Å². The van der Waals surface area contributed by atoms with Gasteiger partial charge >= 0.3 is 0 Å². The van der Waals surface area contributed by atoms with Crippen LogP contribution in [-0.4, -0.2) is 41.1 Å². The zero-order valence-corrected chi connectivity index (χ0v) is 9.06. The SMILES string of the molecule is O=C(c1ccno1)N1CCC2NCCCC21. The largest absolute Gasteiger partial charge is 0.351 e. The molecule has 0 spiro atoms. The van der Waals surface area contributed by atoms with Crippen LogP contribution in [0, 0.1) is 0 Å². The summed E-state index contributed by atoms with van der Waals surface area (Å²) in [6.07, 6.45) is 4.79. The van der Waals surface area contributed by atoms with Gasteiger partial charge < -0.3 is 14.7 Å². The number of likely N-dealkylation sites (tertiary alicyclic amines) is 1. The maximum atomic E-state index is 12.1. The van der Waals surface area contributed by atoms with Gasteiger partial charge in [-0.25, -0.2) is 0 Å². The Morgan fingerprint density at radius 3 is 3.31 bits per heavy atom. The summed E-state index contributed by atoms with van der Waals surface area (Å²) in [4.78, 5) is 14.1. The molecule has 1 aromatic heterocycles. The molecular formula is C11H15N3O2. The lowest BCUT2D eigenvalue weighted by atomic mass is 9.99. The van der Waals surface area contributed by atoms with Crippen LogP contribution in [0.15, 0.2) is 16.8 Å². The normalized spacial score (nSPS) is 29.1. The van der Waals surface area contributed by atoms with E-state index in [1.165, 1.54) is 6.20 Å². The van der Waals surface area contributed by atoms with Crippen LogP contribution in [0.2, 0.25) is 0 Å². The molecule has 2 aliphatic rings. The molecule has 2 unspecified atom stereocenters. The third-order valence-electron chi connectivity index (χ3n) is 3.54. The molecular weight excluding hydrogens is 206 g/mol. The van der Waals surface area contributed by atoms with E-state index in [0.717, 1.165) is 32.4 Å². The van der Waals surface area contributed by atoms with Crippen molar-refractivity contribution in [2.75, 3.05) is 13.1 Å². The predicted molar refractivity (Wildman–Crippen MR) is 57.0 cm³/mol. The maximum Gasteiger partial charge on any atom is 0.292 e. The van der Waals surface area contributed by atoms with Crippen molar-refractivity contribution in [1.82, 2.24) is 15.4 Å². The first-order valence-corrected chi connectivity index (χ1v) is 5.81. The molecule has 5 heteroatoms. The van der Waals surface area contributed by atoms with Gasteiger partial charge in [0.1, 0.15) is 0 Å². The molecule has 1 amide bonds. The van der Waals surface area contributed by atoms with E-state index in [1.54, 1.807) is 6.07 Å². The van der Waals surface area contributed by atoms with Crippen molar-refractivity contribution < 1.29 is 9.32 Å². The molecule has 0 saturated carbocycles. The van der Waals surface area contributed by atoms with E-state index in [9.17, 15) is 4.79 Å². The third kappa shape index (κ3) is 1.51. The van der Waals surface area contributed by atoms with E-state index < -0.39 is 0 Å². The summed E-state index contributed by atoms with van der Waals surface area (Å²) in [6, 6.07) is 2.44. The quantitative estimate of drug-likeness (QED) is 0.756. The number of piperidine rings is 1. The van der Waals surface area contributed by atoms with Crippen LogP contribution in [0.3, 0.4) is 0 Å². The van der Waals surface area contributed by atoms with Crippen molar-refractivity contribution in [3.63, 3.8) is 0 Å².